The molecule has 0 radical (unpaired) electrons. The molecule has 0 unspecified atom stereocenters. The number of nitrogens with zero attached hydrogens (tertiary/aromatic N) is 1. The quantitative estimate of drug-likeness (QED) is 0.900. The first kappa shape index (κ1) is 14.4. The van der Waals surface area contributed by atoms with Gasteiger partial charge in [0.15, 0.2) is 0 Å². The zero-order chi connectivity index (χ0) is 14.8. The molecule has 0 spiro atoms. The summed E-state index contributed by atoms with van der Waals surface area (Å²) in [6.45, 7) is 1.79. The van der Waals surface area contributed by atoms with E-state index in [4.69, 9.17) is 5.73 Å². The summed E-state index contributed by atoms with van der Waals surface area (Å²) >= 11 is 0. The van der Waals surface area contributed by atoms with E-state index in [9.17, 15) is 12.8 Å². The Hall–Kier alpha value is -1.99. The van der Waals surface area contributed by atoms with Crippen LogP contribution in [0.5, 0.6) is 0 Å². The maximum absolute atomic E-state index is 13.7. The number of aryl methyl sites for hydroxylation is 1. The van der Waals surface area contributed by atoms with Crippen molar-refractivity contribution >= 4 is 15.7 Å². The highest BCUT2D eigenvalue weighted by Crippen LogP contribution is 2.21. The molecule has 7 heteroatoms. The number of benzene rings is 1. The molecule has 2 aromatic rings. The van der Waals surface area contributed by atoms with E-state index in [0.29, 0.717) is 16.9 Å². The average Bonchev–Trinajstić information content (AvgIpc) is 2.41. The second kappa shape index (κ2) is 5.56. The molecule has 0 amide bonds. The number of halogens is 1. The van der Waals surface area contributed by atoms with E-state index in [1.807, 2.05) is 0 Å². The summed E-state index contributed by atoms with van der Waals surface area (Å²) in [6, 6.07) is 6.92. The van der Waals surface area contributed by atoms with Crippen LogP contribution in [-0.2, 0) is 16.6 Å². The maximum Gasteiger partial charge on any atom is 0.264 e. The predicted molar refractivity (Wildman–Crippen MR) is 74.1 cm³/mol. The number of sulfonamides is 1. The lowest BCUT2D eigenvalue weighted by Gasteiger charge is -2.11. The van der Waals surface area contributed by atoms with Gasteiger partial charge in [-0.15, -0.1) is 0 Å². The second-order valence-corrected chi connectivity index (χ2v) is 5.86. The Bertz CT molecular complexity index is 732. The lowest BCUT2D eigenvalue weighted by atomic mass is 10.2. The van der Waals surface area contributed by atoms with Crippen LogP contribution in [0.25, 0.3) is 0 Å². The molecule has 0 aliphatic carbocycles. The van der Waals surface area contributed by atoms with Crippen LogP contribution in [0.1, 0.15) is 11.3 Å². The third-order valence-electron chi connectivity index (χ3n) is 2.77. The Kier molecular flexibility index (Phi) is 4.01. The van der Waals surface area contributed by atoms with Gasteiger partial charge in [-0.1, -0.05) is 6.07 Å². The fourth-order valence-corrected chi connectivity index (χ4v) is 2.92. The van der Waals surface area contributed by atoms with Gasteiger partial charge >= 0.3 is 0 Å². The van der Waals surface area contributed by atoms with Crippen molar-refractivity contribution in [2.75, 3.05) is 4.72 Å². The largest absolute Gasteiger partial charge is 0.326 e. The van der Waals surface area contributed by atoms with E-state index in [1.165, 1.54) is 12.1 Å². The first-order chi connectivity index (χ1) is 9.44. The third kappa shape index (κ3) is 2.94. The summed E-state index contributed by atoms with van der Waals surface area (Å²) in [5.41, 5.74) is 6.79. The zero-order valence-electron chi connectivity index (χ0n) is 10.8. The van der Waals surface area contributed by atoms with Crippen molar-refractivity contribution in [2.24, 2.45) is 5.73 Å². The molecular formula is C13H14FN3O2S. The fourth-order valence-electron chi connectivity index (χ4n) is 1.67. The second-order valence-electron chi connectivity index (χ2n) is 4.21. The van der Waals surface area contributed by atoms with E-state index in [0.717, 1.165) is 6.07 Å². The van der Waals surface area contributed by atoms with Crippen molar-refractivity contribution in [3.63, 3.8) is 0 Å². The van der Waals surface area contributed by atoms with Gasteiger partial charge in [0, 0.05) is 12.7 Å². The molecule has 0 atom stereocenters. The predicted octanol–water partition coefficient (Wildman–Crippen LogP) is 1.79. The Morgan fingerprint density at radius 2 is 2.10 bits per heavy atom. The number of nitrogens with one attached hydrogen (secondary N) is 1. The lowest BCUT2D eigenvalue weighted by molar-refractivity contribution is 0.569. The van der Waals surface area contributed by atoms with Crippen LogP contribution in [0, 0.1) is 12.7 Å². The standard InChI is InChI=1S/C13H14FN3O2S/c1-9-12(3-2-6-16-9)17-20(18,19)13-7-10(8-15)4-5-11(13)14/h2-7,17H,8,15H2,1H3. The van der Waals surface area contributed by atoms with Gasteiger partial charge in [0.25, 0.3) is 10.0 Å². The topological polar surface area (TPSA) is 85.1 Å². The van der Waals surface area contributed by atoms with Gasteiger partial charge in [-0.2, -0.15) is 0 Å². The summed E-state index contributed by atoms with van der Waals surface area (Å²) < 4.78 is 40.5. The van der Waals surface area contributed by atoms with Crippen LogP contribution < -0.4 is 10.5 Å². The third-order valence-corrected chi connectivity index (χ3v) is 4.15. The minimum atomic E-state index is -4.02. The van der Waals surface area contributed by atoms with Crippen molar-refractivity contribution in [1.82, 2.24) is 4.98 Å². The van der Waals surface area contributed by atoms with E-state index in [2.05, 4.69) is 9.71 Å². The molecule has 0 aliphatic heterocycles. The monoisotopic (exact) mass is 295 g/mol. The number of hydrogen-bond donors (Lipinski definition) is 2. The average molecular weight is 295 g/mol. The van der Waals surface area contributed by atoms with Gasteiger partial charge in [0.2, 0.25) is 0 Å². The maximum atomic E-state index is 13.7. The van der Waals surface area contributed by atoms with Gasteiger partial charge in [-0.3, -0.25) is 9.71 Å². The Morgan fingerprint density at radius 3 is 2.75 bits per heavy atom. The van der Waals surface area contributed by atoms with Crippen molar-refractivity contribution in [3.8, 4) is 0 Å². The molecule has 1 heterocycles. The fraction of sp³-hybridized carbons (Fsp3) is 0.154. The lowest BCUT2D eigenvalue weighted by Crippen LogP contribution is -2.16. The molecule has 1 aromatic carbocycles. The summed E-state index contributed by atoms with van der Waals surface area (Å²) in [7, 11) is -4.02. The number of nitrogens with two attached hydrogens (primary N) is 1. The van der Waals surface area contributed by atoms with Crippen molar-refractivity contribution in [3.05, 3.63) is 53.6 Å². The van der Waals surface area contributed by atoms with E-state index >= 15 is 0 Å². The van der Waals surface area contributed by atoms with Crippen LogP contribution in [0.2, 0.25) is 0 Å². The molecule has 0 saturated heterocycles. The minimum Gasteiger partial charge on any atom is -0.326 e. The number of hydrogen-bond acceptors (Lipinski definition) is 4. The highest BCUT2D eigenvalue weighted by atomic mass is 32.2. The first-order valence-electron chi connectivity index (χ1n) is 5.87. The summed E-state index contributed by atoms with van der Waals surface area (Å²) in [6.07, 6.45) is 1.54. The van der Waals surface area contributed by atoms with Crippen molar-refractivity contribution in [2.45, 2.75) is 18.4 Å². The zero-order valence-corrected chi connectivity index (χ0v) is 11.6. The van der Waals surface area contributed by atoms with Gasteiger partial charge < -0.3 is 5.73 Å². The van der Waals surface area contributed by atoms with Gasteiger partial charge in [0.1, 0.15) is 10.7 Å². The molecule has 20 heavy (non-hydrogen) atoms. The molecular weight excluding hydrogens is 281 g/mol. The highest BCUT2D eigenvalue weighted by Gasteiger charge is 2.20. The minimum absolute atomic E-state index is 0.134. The molecule has 1 aromatic heterocycles. The Labute approximate surface area is 116 Å². The number of pyridine rings is 1. The SMILES string of the molecule is Cc1ncccc1NS(=O)(=O)c1cc(CN)ccc1F. The van der Waals surface area contributed by atoms with Crippen molar-refractivity contribution < 1.29 is 12.8 Å². The van der Waals surface area contributed by atoms with Crippen molar-refractivity contribution in [1.29, 1.82) is 0 Å². The molecule has 0 bridgehead atoms. The molecule has 2 rings (SSSR count). The Morgan fingerprint density at radius 1 is 1.35 bits per heavy atom. The summed E-state index contributed by atoms with van der Waals surface area (Å²) in [5.74, 6) is -0.823. The van der Waals surface area contributed by atoms with Gasteiger partial charge in [-0.05, 0) is 36.8 Å². The van der Waals surface area contributed by atoms with Gasteiger partial charge in [-0.25, -0.2) is 12.8 Å². The molecule has 106 valence electrons. The van der Waals surface area contributed by atoms with E-state index in [1.54, 1.807) is 25.3 Å². The Balaban J connectivity index is 2.43. The van der Waals surface area contributed by atoms with E-state index in [-0.39, 0.29) is 6.54 Å². The molecule has 0 fully saturated rings. The van der Waals surface area contributed by atoms with Crippen LogP contribution in [-0.4, -0.2) is 13.4 Å². The van der Waals surface area contributed by atoms with E-state index < -0.39 is 20.7 Å². The normalized spacial score (nSPS) is 11.3. The summed E-state index contributed by atoms with van der Waals surface area (Å²) in [5, 5.41) is 0. The summed E-state index contributed by atoms with van der Waals surface area (Å²) in [4.78, 5) is 3.55. The highest BCUT2D eigenvalue weighted by molar-refractivity contribution is 7.92. The van der Waals surface area contributed by atoms with Gasteiger partial charge in [0.05, 0.1) is 11.4 Å². The number of anilines is 1. The van der Waals surface area contributed by atoms with Crippen LogP contribution in [0.3, 0.4) is 0 Å². The van der Waals surface area contributed by atoms with Crippen LogP contribution in [0.4, 0.5) is 10.1 Å². The molecule has 5 nitrogen and oxygen atoms in total. The first-order valence-corrected chi connectivity index (χ1v) is 7.35. The molecule has 0 saturated carbocycles. The molecule has 3 N–H and O–H groups in total. The number of rotatable bonds is 4. The van der Waals surface area contributed by atoms with Crippen LogP contribution in [0.15, 0.2) is 41.4 Å². The van der Waals surface area contributed by atoms with Crippen LogP contribution >= 0.6 is 0 Å². The number of aromatic nitrogens is 1. The smallest absolute Gasteiger partial charge is 0.264 e. The molecule has 0 aliphatic rings.